The van der Waals surface area contributed by atoms with Crippen LogP contribution in [0.2, 0.25) is 0 Å². The fraction of sp³-hybridized carbons (Fsp3) is 0.200. The van der Waals surface area contributed by atoms with E-state index in [2.05, 4.69) is 42.2 Å². The number of hydrogen-bond acceptors (Lipinski definition) is 4. The molecule has 0 unspecified atom stereocenters. The highest BCUT2D eigenvalue weighted by Gasteiger charge is 2.24. The molecule has 0 atom stereocenters. The van der Waals surface area contributed by atoms with Crippen molar-refractivity contribution in [1.29, 1.82) is 0 Å². The second-order valence-corrected chi connectivity index (χ2v) is 9.74. The van der Waals surface area contributed by atoms with Crippen molar-refractivity contribution in [1.82, 2.24) is 9.55 Å². The maximum absolute atomic E-state index is 12.4. The van der Waals surface area contributed by atoms with Crippen molar-refractivity contribution in [3.05, 3.63) is 114 Å². The Morgan fingerprint density at radius 1 is 0.943 bits per heavy atom. The van der Waals surface area contributed by atoms with Crippen molar-refractivity contribution in [3.63, 3.8) is 0 Å². The number of anilines is 1. The Bertz CT molecular complexity index is 1330. The lowest BCUT2D eigenvalue weighted by atomic mass is 9.88. The minimum absolute atomic E-state index is 0.264. The van der Waals surface area contributed by atoms with E-state index in [0.717, 1.165) is 27.8 Å². The quantitative estimate of drug-likeness (QED) is 0.155. The molecule has 4 aromatic rings. The third-order valence-electron chi connectivity index (χ3n) is 5.74. The average Bonchev–Trinajstić information content (AvgIpc) is 3.33. The first-order valence-electron chi connectivity index (χ1n) is 11.7. The summed E-state index contributed by atoms with van der Waals surface area (Å²) in [7, 11) is 0. The fourth-order valence-corrected chi connectivity index (χ4v) is 3.79. The molecule has 1 aromatic heterocycles. The molecule has 0 fully saturated rings. The molecule has 35 heavy (non-hydrogen) atoms. The first kappa shape index (κ1) is 24.0. The Balaban J connectivity index is 1.87. The molecular weight excluding hydrogens is 434 g/mol. The Morgan fingerprint density at radius 2 is 1.60 bits per heavy atom. The highest BCUT2D eigenvalue weighted by atomic mass is 16.5. The summed E-state index contributed by atoms with van der Waals surface area (Å²) in [6.45, 7) is 8.23. The zero-order chi connectivity index (χ0) is 25.0. The molecule has 0 bridgehead atoms. The van der Waals surface area contributed by atoms with Gasteiger partial charge in [0.25, 0.3) is 0 Å². The van der Waals surface area contributed by atoms with E-state index < -0.39 is 5.41 Å². The highest BCUT2D eigenvalue weighted by molar-refractivity contribution is 5.99. The van der Waals surface area contributed by atoms with Crippen molar-refractivity contribution in [2.45, 2.75) is 34.2 Å². The third-order valence-corrected chi connectivity index (χ3v) is 5.74. The Labute approximate surface area is 206 Å². The summed E-state index contributed by atoms with van der Waals surface area (Å²) in [5.41, 5.74) is 12.8. The molecule has 5 nitrogen and oxygen atoms in total. The van der Waals surface area contributed by atoms with E-state index in [-0.39, 0.29) is 5.97 Å². The van der Waals surface area contributed by atoms with Crippen LogP contribution in [0.15, 0.2) is 91.5 Å². The van der Waals surface area contributed by atoms with Crippen molar-refractivity contribution in [3.8, 4) is 5.75 Å². The molecule has 0 aliphatic carbocycles. The van der Waals surface area contributed by atoms with Gasteiger partial charge in [0, 0.05) is 24.6 Å². The number of nitrogens with zero attached hydrogens (tertiary/aromatic N) is 2. The number of hydrogen-bond donors (Lipinski definition) is 1. The number of carbonyl (C=O) groups is 1. The molecular formula is C30H31N3O2. The second kappa shape index (κ2) is 10.0. The van der Waals surface area contributed by atoms with Crippen LogP contribution >= 0.6 is 0 Å². The lowest BCUT2D eigenvalue weighted by Crippen LogP contribution is -2.25. The summed E-state index contributed by atoms with van der Waals surface area (Å²) in [5.74, 6) is 0.261. The van der Waals surface area contributed by atoms with Crippen LogP contribution in [0.3, 0.4) is 0 Å². The number of nitrogen functional groups attached to an aromatic ring is 1. The van der Waals surface area contributed by atoms with Gasteiger partial charge in [-0.15, -0.1) is 0 Å². The highest BCUT2D eigenvalue weighted by Crippen LogP contribution is 2.35. The zero-order valence-corrected chi connectivity index (χ0v) is 20.7. The van der Waals surface area contributed by atoms with E-state index in [1.807, 2.05) is 80.3 Å². The van der Waals surface area contributed by atoms with Crippen molar-refractivity contribution >= 4 is 22.8 Å². The van der Waals surface area contributed by atoms with E-state index in [4.69, 9.17) is 10.5 Å². The van der Waals surface area contributed by atoms with Gasteiger partial charge in [-0.3, -0.25) is 4.79 Å². The number of benzene rings is 3. The predicted molar refractivity (Wildman–Crippen MR) is 142 cm³/mol. The molecule has 0 spiro atoms. The maximum atomic E-state index is 12.4. The molecule has 178 valence electrons. The summed E-state index contributed by atoms with van der Waals surface area (Å²) in [4.78, 5) is 16.6. The predicted octanol–water partition coefficient (Wildman–Crippen LogP) is 6.38. The van der Waals surface area contributed by atoms with Crippen LogP contribution in [0.5, 0.6) is 5.75 Å². The van der Waals surface area contributed by atoms with E-state index in [1.165, 1.54) is 5.56 Å². The van der Waals surface area contributed by atoms with Gasteiger partial charge in [0.15, 0.2) is 0 Å². The molecule has 0 saturated carbocycles. The standard InChI is InChI=1S/C30H31N3O2/c1-21-8-10-22(11-9-21)28(23-12-14-26(15-13-23)35-29(34)30(2,3)4)27(19-33-17-16-32-20-33)24-6-5-7-25(31)18-24/h5-18,20H,19,31H2,1-4H3/b28-27+. The SMILES string of the molecule is Cc1ccc(/C(=C(/Cn2ccnc2)c2cccc(N)c2)c2ccc(OC(=O)C(C)(C)C)cc2)cc1. The van der Waals surface area contributed by atoms with Gasteiger partial charge in [-0.1, -0.05) is 54.1 Å². The number of nitrogens with two attached hydrogens (primary N) is 1. The van der Waals surface area contributed by atoms with Gasteiger partial charge < -0.3 is 15.0 Å². The number of imidazole rings is 1. The van der Waals surface area contributed by atoms with Crippen LogP contribution < -0.4 is 10.5 Å². The number of allylic oxidation sites excluding steroid dienone is 1. The van der Waals surface area contributed by atoms with Gasteiger partial charge in [0.2, 0.25) is 0 Å². The van der Waals surface area contributed by atoms with Crippen LogP contribution in [0.1, 0.15) is 43.0 Å². The summed E-state index contributed by atoms with van der Waals surface area (Å²) < 4.78 is 7.64. The lowest BCUT2D eigenvalue weighted by Gasteiger charge is -2.19. The van der Waals surface area contributed by atoms with Gasteiger partial charge in [0.05, 0.1) is 11.7 Å². The minimum Gasteiger partial charge on any atom is -0.426 e. The van der Waals surface area contributed by atoms with Crippen LogP contribution in [-0.2, 0) is 11.3 Å². The van der Waals surface area contributed by atoms with Crippen LogP contribution in [0.4, 0.5) is 5.69 Å². The Hall–Kier alpha value is -4.12. The number of aryl methyl sites for hydroxylation is 1. The fourth-order valence-electron chi connectivity index (χ4n) is 3.79. The van der Waals surface area contributed by atoms with Crippen molar-refractivity contribution < 1.29 is 9.53 Å². The lowest BCUT2D eigenvalue weighted by molar-refractivity contribution is -0.142. The monoisotopic (exact) mass is 465 g/mol. The normalized spacial score (nSPS) is 12.2. The van der Waals surface area contributed by atoms with Crippen molar-refractivity contribution in [2.75, 3.05) is 5.73 Å². The Morgan fingerprint density at radius 3 is 2.17 bits per heavy atom. The van der Waals surface area contributed by atoms with Gasteiger partial charge in [0.1, 0.15) is 5.75 Å². The van der Waals surface area contributed by atoms with Crippen LogP contribution in [0, 0.1) is 12.3 Å². The first-order chi connectivity index (χ1) is 16.7. The molecule has 0 saturated heterocycles. The average molecular weight is 466 g/mol. The van der Waals surface area contributed by atoms with E-state index in [1.54, 1.807) is 6.20 Å². The molecule has 0 aliphatic rings. The van der Waals surface area contributed by atoms with Crippen LogP contribution in [0.25, 0.3) is 11.1 Å². The van der Waals surface area contributed by atoms with Gasteiger partial charge >= 0.3 is 5.97 Å². The summed E-state index contributed by atoms with van der Waals surface area (Å²) in [6, 6.07) is 24.1. The molecule has 0 aliphatic heterocycles. The molecule has 5 heteroatoms. The maximum Gasteiger partial charge on any atom is 0.316 e. The van der Waals surface area contributed by atoms with E-state index in [9.17, 15) is 4.79 Å². The molecule has 4 rings (SSSR count). The number of ether oxygens (including phenoxy) is 1. The number of carbonyl (C=O) groups excluding carboxylic acids is 1. The first-order valence-corrected chi connectivity index (χ1v) is 11.7. The largest absolute Gasteiger partial charge is 0.426 e. The number of rotatable bonds is 6. The smallest absolute Gasteiger partial charge is 0.316 e. The van der Waals surface area contributed by atoms with Gasteiger partial charge in [-0.05, 0) is 79.8 Å². The summed E-state index contributed by atoms with van der Waals surface area (Å²) >= 11 is 0. The third kappa shape index (κ3) is 5.87. The van der Waals surface area contributed by atoms with Gasteiger partial charge in [-0.25, -0.2) is 4.98 Å². The zero-order valence-electron chi connectivity index (χ0n) is 20.7. The van der Waals surface area contributed by atoms with Crippen molar-refractivity contribution in [2.24, 2.45) is 5.41 Å². The second-order valence-electron chi connectivity index (χ2n) is 9.74. The topological polar surface area (TPSA) is 70.1 Å². The molecule has 1 heterocycles. The van der Waals surface area contributed by atoms with Gasteiger partial charge in [-0.2, -0.15) is 0 Å². The van der Waals surface area contributed by atoms with E-state index in [0.29, 0.717) is 18.0 Å². The molecule has 0 radical (unpaired) electrons. The van der Waals surface area contributed by atoms with Crippen LogP contribution in [-0.4, -0.2) is 15.5 Å². The molecule has 3 aromatic carbocycles. The van der Waals surface area contributed by atoms with E-state index >= 15 is 0 Å². The number of aromatic nitrogens is 2. The molecule has 2 N–H and O–H groups in total. The molecule has 0 amide bonds. The summed E-state index contributed by atoms with van der Waals surface area (Å²) in [5, 5.41) is 0. The minimum atomic E-state index is -0.573. The number of esters is 1. The Kier molecular flexibility index (Phi) is 6.87. The summed E-state index contributed by atoms with van der Waals surface area (Å²) in [6.07, 6.45) is 5.54.